The highest BCUT2D eigenvalue weighted by Crippen LogP contribution is 2.22. The summed E-state index contributed by atoms with van der Waals surface area (Å²) in [5.74, 6) is 0.469. The van der Waals surface area contributed by atoms with E-state index >= 15 is 0 Å². The molecule has 1 saturated heterocycles. The van der Waals surface area contributed by atoms with Gasteiger partial charge in [0.1, 0.15) is 5.52 Å². The molecule has 0 unspecified atom stereocenters. The number of hydrogen-bond acceptors (Lipinski definition) is 5. The molecule has 2 heterocycles. The number of likely N-dealkylation sites (N-methyl/N-ethyl adjacent to an activating group) is 1. The topological polar surface area (TPSA) is 61.5 Å². The second kappa shape index (κ2) is 5.13. The maximum atomic E-state index is 11.8. The Morgan fingerprint density at radius 3 is 2.75 bits per heavy atom. The van der Waals surface area contributed by atoms with Gasteiger partial charge >= 0.3 is 5.97 Å². The Balaban J connectivity index is 1.96. The van der Waals surface area contributed by atoms with Crippen molar-refractivity contribution in [3.63, 3.8) is 0 Å². The highest BCUT2D eigenvalue weighted by molar-refractivity contribution is 6.02. The number of imidazole rings is 1. The average Bonchev–Trinajstić information content (AvgIpc) is 2.91. The van der Waals surface area contributed by atoms with E-state index in [4.69, 9.17) is 4.74 Å². The molecule has 106 valence electrons. The maximum absolute atomic E-state index is 11.8. The molecule has 0 atom stereocenters. The van der Waals surface area contributed by atoms with Gasteiger partial charge in [-0.2, -0.15) is 0 Å². The predicted octanol–water partition coefficient (Wildman–Crippen LogP) is 1.10. The van der Waals surface area contributed by atoms with E-state index in [2.05, 4.69) is 26.8 Å². The van der Waals surface area contributed by atoms with Crippen molar-refractivity contribution in [2.75, 3.05) is 45.2 Å². The van der Waals surface area contributed by atoms with Gasteiger partial charge in [0.2, 0.25) is 5.95 Å². The monoisotopic (exact) mass is 274 g/mol. The van der Waals surface area contributed by atoms with Crippen molar-refractivity contribution in [1.29, 1.82) is 0 Å². The number of anilines is 1. The normalized spacial score (nSPS) is 16.6. The Morgan fingerprint density at radius 1 is 1.30 bits per heavy atom. The van der Waals surface area contributed by atoms with Crippen LogP contribution in [-0.4, -0.2) is 61.2 Å². The summed E-state index contributed by atoms with van der Waals surface area (Å²) in [5, 5.41) is 0. The molecule has 20 heavy (non-hydrogen) atoms. The first-order valence-electron chi connectivity index (χ1n) is 6.69. The molecule has 1 fully saturated rings. The number of nitrogens with one attached hydrogen (secondary N) is 1. The van der Waals surface area contributed by atoms with Gasteiger partial charge in [-0.3, -0.25) is 0 Å². The van der Waals surface area contributed by atoms with Crippen molar-refractivity contribution in [1.82, 2.24) is 14.9 Å². The molecule has 0 aliphatic carbocycles. The highest BCUT2D eigenvalue weighted by atomic mass is 16.5. The van der Waals surface area contributed by atoms with Crippen LogP contribution < -0.4 is 4.90 Å². The Hall–Kier alpha value is -2.08. The lowest BCUT2D eigenvalue weighted by Crippen LogP contribution is -2.44. The molecule has 0 saturated carbocycles. The molecule has 0 amide bonds. The second-order valence-corrected chi connectivity index (χ2v) is 5.04. The molecule has 1 aliphatic rings. The lowest BCUT2D eigenvalue weighted by Gasteiger charge is -2.32. The fourth-order valence-corrected chi connectivity index (χ4v) is 2.46. The summed E-state index contributed by atoms with van der Waals surface area (Å²) >= 11 is 0. The van der Waals surface area contributed by atoms with Gasteiger partial charge in [0, 0.05) is 26.2 Å². The van der Waals surface area contributed by atoms with Crippen molar-refractivity contribution in [2.24, 2.45) is 0 Å². The molecule has 1 N–H and O–H groups in total. The number of hydrogen-bond donors (Lipinski definition) is 1. The van der Waals surface area contributed by atoms with Crippen LogP contribution in [0.25, 0.3) is 11.0 Å². The molecule has 0 bridgehead atoms. The van der Waals surface area contributed by atoms with Crippen molar-refractivity contribution < 1.29 is 9.53 Å². The molecular weight excluding hydrogens is 256 g/mol. The van der Waals surface area contributed by atoms with Crippen molar-refractivity contribution in [2.45, 2.75) is 0 Å². The fourth-order valence-electron chi connectivity index (χ4n) is 2.46. The number of aromatic amines is 1. The minimum absolute atomic E-state index is 0.355. The first-order chi connectivity index (χ1) is 9.69. The number of methoxy groups -OCH3 is 1. The van der Waals surface area contributed by atoms with Crippen LogP contribution in [0.1, 0.15) is 10.4 Å². The molecule has 6 heteroatoms. The Kier molecular flexibility index (Phi) is 3.31. The first kappa shape index (κ1) is 12.9. The molecular formula is C14H18N4O2. The largest absolute Gasteiger partial charge is 0.465 e. The standard InChI is InChI=1S/C14H18N4O2/c1-17-6-8-18(9-7-17)14-15-11-5-3-4-10(12(11)16-14)13(19)20-2/h3-5H,6-9H2,1-2H3,(H,15,16). The molecule has 1 aliphatic heterocycles. The summed E-state index contributed by atoms with van der Waals surface area (Å²) in [6.45, 7) is 3.90. The minimum Gasteiger partial charge on any atom is -0.465 e. The van der Waals surface area contributed by atoms with E-state index in [-0.39, 0.29) is 5.97 Å². The van der Waals surface area contributed by atoms with Gasteiger partial charge in [0.05, 0.1) is 18.2 Å². The van der Waals surface area contributed by atoms with E-state index in [1.165, 1.54) is 7.11 Å². The van der Waals surface area contributed by atoms with E-state index in [9.17, 15) is 4.79 Å². The van der Waals surface area contributed by atoms with Gasteiger partial charge in [-0.25, -0.2) is 9.78 Å². The number of rotatable bonds is 2. The third-order valence-corrected chi connectivity index (χ3v) is 3.71. The zero-order chi connectivity index (χ0) is 14.1. The SMILES string of the molecule is COC(=O)c1cccc2[nH]c(N3CCN(C)CC3)nc12. The van der Waals surface area contributed by atoms with Crippen LogP contribution in [0.4, 0.5) is 5.95 Å². The third-order valence-electron chi connectivity index (χ3n) is 3.71. The van der Waals surface area contributed by atoms with Crippen molar-refractivity contribution in [3.05, 3.63) is 23.8 Å². The number of esters is 1. The number of ether oxygens (including phenoxy) is 1. The van der Waals surface area contributed by atoms with Crippen molar-refractivity contribution >= 4 is 23.0 Å². The summed E-state index contributed by atoms with van der Waals surface area (Å²) in [6.07, 6.45) is 0. The van der Waals surface area contributed by atoms with Gasteiger partial charge in [-0.05, 0) is 19.2 Å². The molecule has 3 rings (SSSR count). The molecule has 6 nitrogen and oxygen atoms in total. The Morgan fingerprint density at radius 2 is 2.05 bits per heavy atom. The maximum Gasteiger partial charge on any atom is 0.340 e. The van der Waals surface area contributed by atoms with Crippen LogP contribution in [0.3, 0.4) is 0 Å². The van der Waals surface area contributed by atoms with Crippen LogP contribution in [0, 0.1) is 0 Å². The quantitative estimate of drug-likeness (QED) is 0.831. The Labute approximate surface area is 117 Å². The number of carbonyl (C=O) groups is 1. The number of nitrogens with zero attached hydrogens (tertiary/aromatic N) is 3. The number of carbonyl (C=O) groups excluding carboxylic acids is 1. The number of piperazine rings is 1. The van der Waals surface area contributed by atoms with E-state index in [1.807, 2.05) is 12.1 Å². The van der Waals surface area contributed by atoms with E-state index < -0.39 is 0 Å². The number of fused-ring (bicyclic) bond motifs is 1. The Bertz CT molecular complexity index is 629. The molecule has 1 aromatic carbocycles. The number of H-pyrrole nitrogens is 1. The summed E-state index contributed by atoms with van der Waals surface area (Å²) in [5.41, 5.74) is 2.04. The van der Waals surface area contributed by atoms with E-state index in [0.29, 0.717) is 11.1 Å². The fraction of sp³-hybridized carbons (Fsp3) is 0.429. The summed E-state index contributed by atoms with van der Waals surface area (Å²) in [7, 11) is 3.50. The van der Waals surface area contributed by atoms with Crippen LogP contribution in [0.15, 0.2) is 18.2 Å². The van der Waals surface area contributed by atoms with Gasteiger partial charge in [0.15, 0.2) is 0 Å². The van der Waals surface area contributed by atoms with E-state index in [1.54, 1.807) is 6.07 Å². The lowest BCUT2D eigenvalue weighted by atomic mass is 10.2. The predicted molar refractivity (Wildman–Crippen MR) is 77.1 cm³/mol. The average molecular weight is 274 g/mol. The molecule has 1 aromatic heterocycles. The molecule has 0 spiro atoms. The lowest BCUT2D eigenvalue weighted by molar-refractivity contribution is 0.0603. The summed E-state index contributed by atoms with van der Waals surface area (Å²) < 4.78 is 4.80. The zero-order valence-electron chi connectivity index (χ0n) is 11.7. The molecule has 0 radical (unpaired) electrons. The summed E-state index contributed by atoms with van der Waals surface area (Å²) in [4.78, 5) is 24.1. The van der Waals surface area contributed by atoms with Gasteiger partial charge in [0.25, 0.3) is 0 Å². The van der Waals surface area contributed by atoms with Gasteiger partial charge in [-0.1, -0.05) is 6.07 Å². The zero-order valence-corrected chi connectivity index (χ0v) is 11.7. The van der Waals surface area contributed by atoms with E-state index in [0.717, 1.165) is 37.6 Å². The highest BCUT2D eigenvalue weighted by Gasteiger charge is 2.19. The minimum atomic E-state index is -0.355. The third kappa shape index (κ3) is 2.22. The smallest absolute Gasteiger partial charge is 0.340 e. The van der Waals surface area contributed by atoms with Crippen molar-refractivity contribution in [3.8, 4) is 0 Å². The number of aromatic nitrogens is 2. The van der Waals surface area contributed by atoms with Crippen LogP contribution in [-0.2, 0) is 4.74 Å². The summed E-state index contributed by atoms with van der Waals surface area (Å²) in [6, 6.07) is 5.50. The molecule has 2 aromatic rings. The number of para-hydroxylation sites is 1. The van der Waals surface area contributed by atoms with Crippen LogP contribution in [0.5, 0.6) is 0 Å². The second-order valence-electron chi connectivity index (χ2n) is 5.04. The first-order valence-corrected chi connectivity index (χ1v) is 6.69. The van der Waals surface area contributed by atoms with Gasteiger partial charge < -0.3 is 19.5 Å². The van der Waals surface area contributed by atoms with Crippen LogP contribution >= 0.6 is 0 Å². The van der Waals surface area contributed by atoms with Crippen LogP contribution in [0.2, 0.25) is 0 Å². The van der Waals surface area contributed by atoms with Gasteiger partial charge in [-0.15, -0.1) is 0 Å². The number of benzene rings is 1.